The molecule has 0 aliphatic carbocycles. The zero-order chi connectivity index (χ0) is 13.2. The molecule has 3 nitrogen and oxygen atoms in total. The minimum Gasteiger partial charge on any atom is -0.310 e. The molecule has 3 aromatic rings. The number of benzene rings is 2. The fourth-order valence-corrected chi connectivity index (χ4v) is 2.34. The number of imidazole rings is 1. The number of fused-ring (bicyclic) bond motifs is 1. The van der Waals surface area contributed by atoms with Gasteiger partial charge in [0.1, 0.15) is 12.4 Å². The molecule has 3 rings (SSSR count). The average Bonchev–Trinajstić information content (AvgIpc) is 2.79. The summed E-state index contributed by atoms with van der Waals surface area (Å²) < 4.78 is 1.97. The predicted octanol–water partition coefficient (Wildman–Crippen LogP) is 3.54. The van der Waals surface area contributed by atoms with E-state index in [2.05, 4.69) is 24.0 Å². The highest BCUT2D eigenvalue weighted by Gasteiger charge is 2.13. The van der Waals surface area contributed by atoms with Crippen molar-refractivity contribution in [3.8, 4) is 17.5 Å². The number of nitrogens with zero attached hydrogens (tertiary/aromatic N) is 3. The Labute approximate surface area is 111 Å². The van der Waals surface area contributed by atoms with Gasteiger partial charge in [-0.3, -0.25) is 0 Å². The Morgan fingerprint density at radius 1 is 1.11 bits per heavy atom. The summed E-state index contributed by atoms with van der Waals surface area (Å²) in [5.74, 6) is 0.862. The monoisotopic (exact) mass is 247 g/mol. The molecular weight excluding hydrogens is 234 g/mol. The van der Waals surface area contributed by atoms with Crippen molar-refractivity contribution in [2.45, 2.75) is 13.5 Å². The number of hydrogen-bond acceptors (Lipinski definition) is 2. The first-order valence-electron chi connectivity index (χ1n) is 6.19. The van der Waals surface area contributed by atoms with Crippen LogP contribution < -0.4 is 0 Å². The fourth-order valence-electron chi connectivity index (χ4n) is 2.34. The summed E-state index contributed by atoms with van der Waals surface area (Å²) in [7, 11) is 0. The Morgan fingerprint density at radius 3 is 2.63 bits per heavy atom. The molecule has 0 atom stereocenters. The summed E-state index contributed by atoms with van der Waals surface area (Å²) in [6.45, 7) is 2.37. The zero-order valence-corrected chi connectivity index (χ0v) is 10.7. The van der Waals surface area contributed by atoms with E-state index in [-0.39, 0.29) is 0 Å². The lowest BCUT2D eigenvalue weighted by Gasteiger charge is -2.07. The van der Waals surface area contributed by atoms with E-state index in [9.17, 15) is 0 Å². The maximum atomic E-state index is 9.04. The second-order valence-electron chi connectivity index (χ2n) is 4.48. The van der Waals surface area contributed by atoms with Crippen LogP contribution in [0.3, 0.4) is 0 Å². The van der Waals surface area contributed by atoms with Crippen LogP contribution in [0.4, 0.5) is 0 Å². The first kappa shape index (κ1) is 11.5. The summed E-state index contributed by atoms with van der Waals surface area (Å²) in [5.41, 5.74) is 4.17. The molecular formula is C16H13N3. The van der Waals surface area contributed by atoms with Crippen LogP contribution in [0.15, 0.2) is 48.5 Å². The molecule has 0 unspecified atom stereocenters. The summed E-state index contributed by atoms with van der Waals surface area (Å²) in [4.78, 5) is 4.67. The summed E-state index contributed by atoms with van der Waals surface area (Å²) in [6, 6.07) is 18.2. The average molecular weight is 247 g/mol. The molecule has 0 fully saturated rings. The first-order chi connectivity index (χ1) is 9.31. The molecule has 92 valence electrons. The number of rotatable bonds is 2. The molecule has 1 aromatic heterocycles. The maximum absolute atomic E-state index is 9.04. The summed E-state index contributed by atoms with van der Waals surface area (Å²) in [5, 5.41) is 9.04. The van der Waals surface area contributed by atoms with Crippen molar-refractivity contribution < 1.29 is 0 Å². The van der Waals surface area contributed by atoms with Crippen molar-refractivity contribution in [3.63, 3.8) is 0 Å². The molecule has 0 saturated carbocycles. The highest BCUT2D eigenvalue weighted by Crippen LogP contribution is 2.26. The number of aromatic nitrogens is 2. The van der Waals surface area contributed by atoms with Gasteiger partial charge >= 0.3 is 0 Å². The molecule has 1 heterocycles. The molecule has 0 amide bonds. The molecule has 0 bridgehead atoms. The molecule has 0 aliphatic rings. The standard InChI is InChI=1S/C16H13N3/c1-12-6-2-3-7-13(12)16-18-14-8-4-5-9-15(14)19(16)11-10-17/h2-9H,11H2,1H3. The van der Waals surface area contributed by atoms with Gasteiger partial charge in [0.15, 0.2) is 0 Å². The van der Waals surface area contributed by atoms with Crippen LogP contribution >= 0.6 is 0 Å². The number of nitriles is 1. The number of aryl methyl sites for hydroxylation is 1. The second kappa shape index (κ2) is 4.58. The van der Waals surface area contributed by atoms with Crippen LogP contribution in [-0.2, 0) is 6.54 Å². The van der Waals surface area contributed by atoms with Gasteiger partial charge in [0.2, 0.25) is 0 Å². The van der Waals surface area contributed by atoms with Gasteiger partial charge in [-0.2, -0.15) is 5.26 Å². The lowest BCUT2D eigenvalue weighted by molar-refractivity contribution is 0.869. The highest BCUT2D eigenvalue weighted by molar-refractivity contribution is 5.81. The van der Waals surface area contributed by atoms with Crippen molar-refractivity contribution >= 4 is 11.0 Å². The van der Waals surface area contributed by atoms with Crippen molar-refractivity contribution in [2.75, 3.05) is 0 Å². The lowest BCUT2D eigenvalue weighted by Crippen LogP contribution is -1.99. The summed E-state index contributed by atoms with van der Waals surface area (Å²) in [6.07, 6.45) is 0. The Bertz CT molecular complexity index is 778. The van der Waals surface area contributed by atoms with E-state index < -0.39 is 0 Å². The van der Waals surface area contributed by atoms with Crippen LogP contribution in [0, 0.1) is 18.3 Å². The van der Waals surface area contributed by atoms with E-state index in [1.165, 1.54) is 0 Å². The second-order valence-corrected chi connectivity index (χ2v) is 4.48. The molecule has 3 heteroatoms. The minimum absolute atomic E-state index is 0.310. The molecule has 0 saturated heterocycles. The molecule has 0 radical (unpaired) electrons. The Hall–Kier alpha value is -2.60. The SMILES string of the molecule is Cc1ccccc1-c1nc2ccccc2n1CC#N. The smallest absolute Gasteiger partial charge is 0.142 e. The Kier molecular flexibility index (Phi) is 2.77. The van der Waals surface area contributed by atoms with E-state index in [0.29, 0.717) is 6.54 Å². The van der Waals surface area contributed by atoms with Crippen molar-refractivity contribution in [2.24, 2.45) is 0 Å². The molecule has 0 N–H and O–H groups in total. The van der Waals surface area contributed by atoms with Gasteiger partial charge in [0, 0.05) is 5.56 Å². The lowest BCUT2D eigenvalue weighted by atomic mass is 10.1. The van der Waals surface area contributed by atoms with E-state index in [1.54, 1.807) is 0 Å². The maximum Gasteiger partial charge on any atom is 0.142 e. The van der Waals surface area contributed by atoms with Gasteiger partial charge < -0.3 is 4.57 Å². The van der Waals surface area contributed by atoms with Crippen molar-refractivity contribution in [3.05, 3.63) is 54.1 Å². The van der Waals surface area contributed by atoms with E-state index in [4.69, 9.17) is 5.26 Å². The number of para-hydroxylation sites is 2. The molecule has 0 spiro atoms. The van der Waals surface area contributed by atoms with Gasteiger partial charge in [-0.05, 0) is 24.6 Å². The molecule has 19 heavy (non-hydrogen) atoms. The van der Waals surface area contributed by atoms with Crippen molar-refractivity contribution in [1.29, 1.82) is 5.26 Å². The predicted molar refractivity (Wildman–Crippen MR) is 75.5 cm³/mol. The van der Waals surface area contributed by atoms with Gasteiger partial charge in [-0.1, -0.05) is 36.4 Å². The molecule has 0 aliphatic heterocycles. The normalized spacial score (nSPS) is 10.5. The fraction of sp³-hybridized carbons (Fsp3) is 0.125. The van der Waals surface area contributed by atoms with Gasteiger partial charge in [-0.25, -0.2) is 4.98 Å². The van der Waals surface area contributed by atoms with E-state index >= 15 is 0 Å². The third-order valence-electron chi connectivity index (χ3n) is 3.27. The molecule has 2 aromatic carbocycles. The quantitative estimate of drug-likeness (QED) is 0.695. The van der Waals surface area contributed by atoms with Crippen LogP contribution in [-0.4, -0.2) is 9.55 Å². The van der Waals surface area contributed by atoms with E-state index in [0.717, 1.165) is 28.0 Å². The van der Waals surface area contributed by atoms with E-state index in [1.807, 2.05) is 47.0 Å². The minimum atomic E-state index is 0.310. The zero-order valence-electron chi connectivity index (χ0n) is 10.7. The van der Waals surface area contributed by atoms with Crippen LogP contribution in [0.5, 0.6) is 0 Å². The van der Waals surface area contributed by atoms with Crippen LogP contribution in [0.2, 0.25) is 0 Å². The van der Waals surface area contributed by atoms with Crippen LogP contribution in [0.25, 0.3) is 22.4 Å². The first-order valence-corrected chi connectivity index (χ1v) is 6.19. The largest absolute Gasteiger partial charge is 0.310 e. The number of hydrogen-bond donors (Lipinski definition) is 0. The Balaban J connectivity index is 2.32. The topological polar surface area (TPSA) is 41.6 Å². The van der Waals surface area contributed by atoms with Crippen molar-refractivity contribution in [1.82, 2.24) is 9.55 Å². The van der Waals surface area contributed by atoms with Gasteiger partial charge in [0.25, 0.3) is 0 Å². The van der Waals surface area contributed by atoms with Gasteiger partial charge in [0.05, 0.1) is 17.1 Å². The van der Waals surface area contributed by atoms with Gasteiger partial charge in [-0.15, -0.1) is 0 Å². The Morgan fingerprint density at radius 2 is 1.84 bits per heavy atom. The summed E-state index contributed by atoms with van der Waals surface area (Å²) >= 11 is 0. The van der Waals surface area contributed by atoms with Crippen LogP contribution in [0.1, 0.15) is 5.56 Å². The highest BCUT2D eigenvalue weighted by atomic mass is 15.1. The third-order valence-corrected chi connectivity index (χ3v) is 3.27. The third kappa shape index (κ3) is 1.88.